The molecule has 81 valence electrons. The summed E-state index contributed by atoms with van der Waals surface area (Å²) in [4.78, 5) is 2.41. The van der Waals surface area contributed by atoms with E-state index in [1.54, 1.807) is 0 Å². The Labute approximate surface area is 101 Å². The normalized spacial score (nSPS) is 18.0. The van der Waals surface area contributed by atoms with Gasteiger partial charge in [0.05, 0.1) is 10.0 Å². The summed E-state index contributed by atoms with van der Waals surface area (Å²) in [7, 11) is 0. The van der Waals surface area contributed by atoms with Crippen LogP contribution in [-0.2, 0) is 6.54 Å². The Kier molecular flexibility index (Phi) is 3.90. The first kappa shape index (κ1) is 11.3. The van der Waals surface area contributed by atoms with E-state index < -0.39 is 0 Å². The predicted octanol–water partition coefficient (Wildman–Crippen LogP) is 3.79. The molecular weight excluding hydrogens is 229 g/mol. The standard InChI is InChI=1S/C12H14Cl2N/c13-11-6-4-5-10(12(11)14)9-15-7-2-1-3-8-15/h1,4-6H,2-3,7-9H2. The first-order valence-corrected chi connectivity index (χ1v) is 6.00. The second-order valence-corrected chi connectivity index (χ2v) is 4.64. The maximum absolute atomic E-state index is 6.15. The summed E-state index contributed by atoms with van der Waals surface area (Å²) in [6.45, 7) is 3.17. The van der Waals surface area contributed by atoms with Crippen LogP contribution in [0.2, 0.25) is 10.0 Å². The Hall–Kier alpha value is -0.240. The summed E-state index contributed by atoms with van der Waals surface area (Å²) in [5.41, 5.74) is 1.13. The van der Waals surface area contributed by atoms with Crippen LogP contribution in [0.5, 0.6) is 0 Å². The summed E-state index contributed by atoms with van der Waals surface area (Å²) in [5, 5.41) is 1.35. The molecule has 1 fully saturated rings. The Balaban J connectivity index is 2.06. The molecule has 0 saturated carbocycles. The van der Waals surface area contributed by atoms with Crippen molar-refractivity contribution in [2.24, 2.45) is 0 Å². The van der Waals surface area contributed by atoms with Crippen LogP contribution in [0, 0.1) is 6.42 Å². The fourth-order valence-electron chi connectivity index (χ4n) is 1.87. The topological polar surface area (TPSA) is 3.24 Å². The van der Waals surface area contributed by atoms with Crippen molar-refractivity contribution in [3.8, 4) is 0 Å². The lowest BCUT2D eigenvalue weighted by molar-refractivity contribution is 0.246. The fraction of sp³-hybridized carbons (Fsp3) is 0.417. The molecule has 2 rings (SSSR count). The molecule has 3 heteroatoms. The van der Waals surface area contributed by atoms with Crippen LogP contribution in [0.25, 0.3) is 0 Å². The van der Waals surface area contributed by atoms with E-state index in [-0.39, 0.29) is 0 Å². The van der Waals surface area contributed by atoms with Gasteiger partial charge in [-0.2, -0.15) is 0 Å². The molecule has 1 saturated heterocycles. The van der Waals surface area contributed by atoms with E-state index in [4.69, 9.17) is 23.2 Å². The molecule has 0 aliphatic carbocycles. The minimum Gasteiger partial charge on any atom is -0.299 e. The average Bonchev–Trinajstić information content (AvgIpc) is 2.26. The maximum Gasteiger partial charge on any atom is 0.0637 e. The van der Waals surface area contributed by atoms with Crippen molar-refractivity contribution in [1.29, 1.82) is 0 Å². The highest BCUT2D eigenvalue weighted by Crippen LogP contribution is 2.27. The molecule has 0 N–H and O–H groups in total. The van der Waals surface area contributed by atoms with E-state index in [2.05, 4.69) is 11.3 Å². The third-order valence-corrected chi connectivity index (χ3v) is 3.58. The second kappa shape index (κ2) is 5.20. The first-order chi connectivity index (χ1) is 7.27. The van der Waals surface area contributed by atoms with Crippen molar-refractivity contribution < 1.29 is 0 Å². The molecule has 1 radical (unpaired) electrons. The third-order valence-electron chi connectivity index (χ3n) is 2.72. The predicted molar refractivity (Wildman–Crippen MR) is 65.3 cm³/mol. The zero-order chi connectivity index (χ0) is 10.7. The lowest BCUT2D eigenvalue weighted by atomic mass is 10.1. The van der Waals surface area contributed by atoms with E-state index in [1.165, 1.54) is 12.8 Å². The van der Waals surface area contributed by atoms with Crippen molar-refractivity contribution in [2.75, 3.05) is 13.1 Å². The van der Waals surface area contributed by atoms with Crippen LogP contribution in [-0.4, -0.2) is 18.0 Å². The highest BCUT2D eigenvalue weighted by Gasteiger charge is 2.12. The molecule has 1 aliphatic rings. The molecule has 15 heavy (non-hydrogen) atoms. The first-order valence-electron chi connectivity index (χ1n) is 5.24. The van der Waals surface area contributed by atoms with E-state index in [0.717, 1.165) is 25.2 Å². The minimum absolute atomic E-state index is 0.651. The Morgan fingerprint density at radius 2 is 1.87 bits per heavy atom. The van der Waals surface area contributed by atoms with Gasteiger partial charge in [0.25, 0.3) is 0 Å². The lowest BCUT2D eigenvalue weighted by Gasteiger charge is -2.26. The number of benzene rings is 1. The molecule has 0 atom stereocenters. The van der Waals surface area contributed by atoms with Crippen molar-refractivity contribution in [3.05, 3.63) is 40.2 Å². The van der Waals surface area contributed by atoms with Crippen LogP contribution >= 0.6 is 23.2 Å². The summed E-state index contributed by atoms with van der Waals surface area (Å²) in [6, 6.07) is 5.84. The molecule has 1 nitrogen and oxygen atoms in total. The molecule has 0 bridgehead atoms. The molecule has 0 aromatic heterocycles. The Morgan fingerprint density at radius 3 is 2.60 bits per heavy atom. The van der Waals surface area contributed by atoms with Gasteiger partial charge in [0.2, 0.25) is 0 Å². The molecular formula is C12H14Cl2N. The van der Waals surface area contributed by atoms with Gasteiger partial charge in [-0.1, -0.05) is 35.3 Å². The number of piperidine rings is 1. The van der Waals surface area contributed by atoms with Gasteiger partial charge in [0.1, 0.15) is 0 Å². The van der Waals surface area contributed by atoms with E-state index in [0.29, 0.717) is 10.0 Å². The smallest absolute Gasteiger partial charge is 0.0637 e. The Bertz CT molecular complexity index is 332. The molecule has 0 spiro atoms. The van der Waals surface area contributed by atoms with Gasteiger partial charge >= 0.3 is 0 Å². The number of hydrogen-bond acceptors (Lipinski definition) is 1. The highest BCUT2D eigenvalue weighted by atomic mass is 35.5. The van der Waals surface area contributed by atoms with Crippen molar-refractivity contribution in [3.63, 3.8) is 0 Å². The molecule has 1 aliphatic heterocycles. The summed E-state index contributed by atoms with van der Waals surface area (Å²) >= 11 is 12.1. The van der Waals surface area contributed by atoms with Crippen LogP contribution in [0.15, 0.2) is 18.2 Å². The van der Waals surface area contributed by atoms with Gasteiger partial charge < -0.3 is 0 Å². The van der Waals surface area contributed by atoms with E-state index >= 15 is 0 Å². The largest absolute Gasteiger partial charge is 0.299 e. The van der Waals surface area contributed by atoms with E-state index in [9.17, 15) is 0 Å². The SMILES string of the molecule is Clc1cccc(CN2CC[CH]CC2)c1Cl. The van der Waals surface area contributed by atoms with Crippen molar-refractivity contribution in [1.82, 2.24) is 4.90 Å². The quantitative estimate of drug-likeness (QED) is 0.763. The van der Waals surface area contributed by atoms with E-state index in [1.807, 2.05) is 18.2 Å². The second-order valence-electron chi connectivity index (χ2n) is 3.86. The van der Waals surface area contributed by atoms with Crippen LogP contribution < -0.4 is 0 Å². The molecule has 1 heterocycles. The zero-order valence-corrected chi connectivity index (χ0v) is 10.1. The fourth-order valence-corrected chi connectivity index (χ4v) is 2.25. The number of likely N-dealkylation sites (tertiary alicyclic amines) is 1. The average molecular weight is 243 g/mol. The summed E-state index contributed by atoms with van der Waals surface area (Å²) in [6.07, 6.45) is 4.70. The number of nitrogens with zero attached hydrogens (tertiary/aromatic N) is 1. The third kappa shape index (κ3) is 2.87. The van der Waals surface area contributed by atoms with Crippen LogP contribution in [0.4, 0.5) is 0 Å². The van der Waals surface area contributed by atoms with Gasteiger partial charge in [-0.25, -0.2) is 0 Å². The monoisotopic (exact) mass is 242 g/mol. The number of rotatable bonds is 2. The Morgan fingerprint density at radius 1 is 1.13 bits per heavy atom. The zero-order valence-electron chi connectivity index (χ0n) is 8.55. The van der Waals surface area contributed by atoms with Crippen LogP contribution in [0.1, 0.15) is 18.4 Å². The van der Waals surface area contributed by atoms with Gasteiger partial charge in [-0.05, 0) is 44.0 Å². The minimum atomic E-state index is 0.651. The van der Waals surface area contributed by atoms with Gasteiger partial charge in [0.15, 0.2) is 0 Å². The van der Waals surface area contributed by atoms with Gasteiger partial charge in [0, 0.05) is 6.54 Å². The van der Waals surface area contributed by atoms with Crippen molar-refractivity contribution >= 4 is 23.2 Å². The lowest BCUT2D eigenvalue weighted by Crippen LogP contribution is -2.29. The molecule has 1 aromatic carbocycles. The van der Waals surface area contributed by atoms with Crippen LogP contribution in [0.3, 0.4) is 0 Å². The summed E-state index contributed by atoms with van der Waals surface area (Å²) < 4.78 is 0. The molecule has 1 aromatic rings. The van der Waals surface area contributed by atoms with Crippen molar-refractivity contribution in [2.45, 2.75) is 19.4 Å². The highest BCUT2D eigenvalue weighted by molar-refractivity contribution is 6.42. The van der Waals surface area contributed by atoms with Gasteiger partial charge in [-0.3, -0.25) is 4.90 Å². The van der Waals surface area contributed by atoms with Gasteiger partial charge in [-0.15, -0.1) is 0 Å². The molecule has 0 amide bonds. The molecule has 0 unspecified atom stereocenters. The number of halogens is 2. The number of hydrogen-bond donors (Lipinski definition) is 0. The maximum atomic E-state index is 6.15. The summed E-state index contributed by atoms with van der Waals surface area (Å²) in [5.74, 6) is 0.